The highest BCUT2D eigenvalue weighted by atomic mass is 32.2. The van der Waals surface area contributed by atoms with Gasteiger partial charge < -0.3 is 14.4 Å². The normalized spacial score (nSPS) is 25.1. The first kappa shape index (κ1) is 18.2. The van der Waals surface area contributed by atoms with Crippen molar-refractivity contribution in [1.82, 2.24) is 9.21 Å². The number of hydrogen-bond donors (Lipinski definition) is 0. The van der Waals surface area contributed by atoms with E-state index in [2.05, 4.69) is 0 Å². The van der Waals surface area contributed by atoms with E-state index >= 15 is 0 Å². The van der Waals surface area contributed by atoms with Gasteiger partial charge in [0.15, 0.2) is 0 Å². The molecule has 1 unspecified atom stereocenters. The first-order valence-electron chi connectivity index (χ1n) is 8.40. The second-order valence-electron chi connectivity index (χ2n) is 6.59. The molecule has 0 bridgehead atoms. The van der Waals surface area contributed by atoms with E-state index in [1.807, 2.05) is 0 Å². The minimum absolute atomic E-state index is 0.00421. The number of benzene rings is 1. The number of carbonyl (C=O) groups excluding carboxylic acids is 1. The van der Waals surface area contributed by atoms with Gasteiger partial charge in [-0.1, -0.05) is 6.07 Å². The number of methoxy groups -OCH3 is 1. The molecule has 2 aliphatic heterocycles. The Morgan fingerprint density at radius 3 is 2.80 bits per heavy atom. The monoisotopic (exact) mass is 368 g/mol. The highest BCUT2D eigenvalue weighted by molar-refractivity contribution is 7.89. The van der Waals surface area contributed by atoms with Gasteiger partial charge in [-0.15, -0.1) is 0 Å². The maximum Gasteiger partial charge on any atom is 0.243 e. The Morgan fingerprint density at radius 2 is 2.08 bits per heavy atom. The van der Waals surface area contributed by atoms with Crippen LogP contribution in [0.3, 0.4) is 0 Å². The van der Waals surface area contributed by atoms with Crippen LogP contribution in [0.2, 0.25) is 0 Å². The molecule has 0 saturated carbocycles. The molecule has 1 spiro atoms. The molecular formula is C17H24N2O5S. The lowest BCUT2D eigenvalue weighted by atomic mass is 9.91. The van der Waals surface area contributed by atoms with Crippen LogP contribution in [0, 0.1) is 0 Å². The third-order valence-corrected chi connectivity index (χ3v) is 6.72. The van der Waals surface area contributed by atoms with Crippen LogP contribution >= 0.6 is 0 Å². The van der Waals surface area contributed by atoms with Crippen LogP contribution in [-0.4, -0.2) is 69.0 Å². The molecule has 1 atom stereocenters. The number of nitrogens with zero attached hydrogens (tertiary/aromatic N) is 2. The van der Waals surface area contributed by atoms with Crippen molar-refractivity contribution in [3.8, 4) is 5.75 Å². The van der Waals surface area contributed by atoms with Crippen LogP contribution in [0.25, 0.3) is 0 Å². The van der Waals surface area contributed by atoms with Crippen LogP contribution in [-0.2, 0) is 19.6 Å². The van der Waals surface area contributed by atoms with Crippen molar-refractivity contribution >= 4 is 15.9 Å². The van der Waals surface area contributed by atoms with Gasteiger partial charge in [-0.05, 0) is 25.0 Å². The molecule has 1 aromatic carbocycles. The minimum atomic E-state index is -3.64. The van der Waals surface area contributed by atoms with Gasteiger partial charge >= 0.3 is 0 Å². The molecule has 0 aliphatic carbocycles. The van der Waals surface area contributed by atoms with E-state index in [0.29, 0.717) is 32.0 Å². The largest absolute Gasteiger partial charge is 0.497 e. The standard InChI is InChI=1S/C17H24N2O5S/c1-14(20)18-8-4-7-17(12-18)13-19(9-10-24-17)25(21,22)16-6-3-5-15(11-16)23-2/h3,5-6,11H,4,7-10,12-13H2,1-2H3. The predicted molar refractivity (Wildman–Crippen MR) is 91.9 cm³/mol. The quantitative estimate of drug-likeness (QED) is 0.798. The fourth-order valence-electron chi connectivity index (χ4n) is 3.54. The highest BCUT2D eigenvalue weighted by Crippen LogP contribution is 2.32. The van der Waals surface area contributed by atoms with Crippen molar-refractivity contribution in [2.75, 3.05) is 39.9 Å². The van der Waals surface area contributed by atoms with Gasteiger partial charge in [0.25, 0.3) is 0 Å². The number of rotatable bonds is 3. The van der Waals surface area contributed by atoms with E-state index in [1.54, 1.807) is 23.1 Å². The summed E-state index contributed by atoms with van der Waals surface area (Å²) < 4.78 is 38.6. The van der Waals surface area contributed by atoms with Crippen molar-refractivity contribution < 1.29 is 22.7 Å². The van der Waals surface area contributed by atoms with Crippen LogP contribution in [0.15, 0.2) is 29.2 Å². The number of amides is 1. The SMILES string of the molecule is COc1cccc(S(=O)(=O)N2CCOC3(CCCN(C(C)=O)C3)C2)c1. The molecule has 3 rings (SSSR count). The predicted octanol–water partition coefficient (Wildman–Crippen LogP) is 1.10. The van der Waals surface area contributed by atoms with Crippen LogP contribution < -0.4 is 4.74 Å². The lowest BCUT2D eigenvalue weighted by molar-refractivity contribution is -0.149. The molecule has 7 nitrogen and oxygen atoms in total. The smallest absolute Gasteiger partial charge is 0.243 e. The third kappa shape index (κ3) is 3.65. The zero-order valence-electron chi connectivity index (χ0n) is 14.6. The van der Waals surface area contributed by atoms with Crippen LogP contribution in [0.4, 0.5) is 0 Å². The summed E-state index contributed by atoms with van der Waals surface area (Å²) in [7, 11) is -2.13. The van der Waals surface area contributed by atoms with E-state index in [1.165, 1.54) is 24.4 Å². The summed E-state index contributed by atoms with van der Waals surface area (Å²) in [5.41, 5.74) is -0.617. The fraction of sp³-hybridized carbons (Fsp3) is 0.588. The van der Waals surface area contributed by atoms with Gasteiger partial charge in [0, 0.05) is 32.6 Å². The molecule has 8 heteroatoms. The molecule has 0 radical (unpaired) electrons. The molecule has 1 aromatic rings. The maximum absolute atomic E-state index is 13.0. The number of sulfonamides is 1. The molecule has 138 valence electrons. The topological polar surface area (TPSA) is 76.2 Å². The Morgan fingerprint density at radius 1 is 1.28 bits per heavy atom. The molecule has 2 saturated heterocycles. The van der Waals surface area contributed by atoms with Gasteiger partial charge in [-0.2, -0.15) is 4.31 Å². The number of hydrogen-bond acceptors (Lipinski definition) is 5. The first-order valence-corrected chi connectivity index (χ1v) is 9.84. The van der Waals surface area contributed by atoms with E-state index in [0.717, 1.165) is 12.8 Å². The fourth-order valence-corrected chi connectivity index (χ4v) is 5.07. The third-order valence-electron chi connectivity index (χ3n) is 4.88. The zero-order valence-corrected chi connectivity index (χ0v) is 15.4. The lowest BCUT2D eigenvalue weighted by Gasteiger charge is -2.47. The number of ether oxygens (including phenoxy) is 2. The Hall–Kier alpha value is -1.64. The molecule has 1 amide bonds. The van der Waals surface area contributed by atoms with Gasteiger partial charge in [0.1, 0.15) is 5.75 Å². The second kappa shape index (κ2) is 6.93. The van der Waals surface area contributed by atoms with Crippen LogP contribution in [0.1, 0.15) is 19.8 Å². The van der Waals surface area contributed by atoms with Crippen molar-refractivity contribution in [3.63, 3.8) is 0 Å². The summed E-state index contributed by atoms with van der Waals surface area (Å²) in [6.45, 7) is 3.56. The Balaban J connectivity index is 1.84. The average molecular weight is 368 g/mol. The molecule has 0 N–H and O–H groups in total. The average Bonchev–Trinajstić information content (AvgIpc) is 2.62. The molecule has 2 heterocycles. The van der Waals surface area contributed by atoms with Crippen LogP contribution in [0.5, 0.6) is 5.75 Å². The molecule has 25 heavy (non-hydrogen) atoms. The summed E-state index contributed by atoms with van der Waals surface area (Å²) in [5.74, 6) is 0.500. The number of morpholine rings is 1. The number of carbonyl (C=O) groups is 1. The van der Waals surface area contributed by atoms with Crippen molar-refractivity contribution in [2.45, 2.75) is 30.3 Å². The molecular weight excluding hydrogens is 344 g/mol. The minimum Gasteiger partial charge on any atom is -0.497 e. The summed E-state index contributed by atoms with van der Waals surface area (Å²) in [6.07, 6.45) is 1.56. The van der Waals surface area contributed by atoms with Crippen molar-refractivity contribution in [3.05, 3.63) is 24.3 Å². The number of piperidine rings is 1. The Bertz CT molecular complexity index is 747. The lowest BCUT2D eigenvalue weighted by Crippen LogP contribution is -2.61. The van der Waals surface area contributed by atoms with E-state index in [-0.39, 0.29) is 17.3 Å². The van der Waals surface area contributed by atoms with E-state index in [9.17, 15) is 13.2 Å². The molecule has 0 aromatic heterocycles. The highest BCUT2D eigenvalue weighted by Gasteiger charge is 2.44. The van der Waals surface area contributed by atoms with E-state index in [4.69, 9.17) is 9.47 Å². The van der Waals surface area contributed by atoms with Gasteiger partial charge in [0.05, 0.1) is 30.8 Å². The summed E-state index contributed by atoms with van der Waals surface area (Å²) in [6, 6.07) is 6.48. The first-order chi connectivity index (χ1) is 11.9. The summed E-state index contributed by atoms with van der Waals surface area (Å²) in [5, 5.41) is 0. The zero-order chi connectivity index (χ0) is 18.1. The summed E-state index contributed by atoms with van der Waals surface area (Å²) in [4.78, 5) is 13.7. The van der Waals surface area contributed by atoms with Gasteiger partial charge in [0.2, 0.25) is 15.9 Å². The van der Waals surface area contributed by atoms with Gasteiger partial charge in [-0.25, -0.2) is 8.42 Å². The van der Waals surface area contributed by atoms with E-state index < -0.39 is 15.6 Å². The molecule has 2 aliphatic rings. The van der Waals surface area contributed by atoms with Crippen molar-refractivity contribution in [1.29, 1.82) is 0 Å². The Labute approximate surface area is 148 Å². The van der Waals surface area contributed by atoms with Crippen molar-refractivity contribution in [2.24, 2.45) is 0 Å². The summed E-state index contributed by atoms with van der Waals surface area (Å²) >= 11 is 0. The second-order valence-corrected chi connectivity index (χ2v) is 8.53. The Kier molecular flexibility index (Phi) is 5.04. The number of likely N-dealkylation sites (tertiary alicyclic amines) is 1. The maximum atomic E-state index is 13.0. The molecule has 2 fully saturated rings. The van der Waals surface area contributed by atoms with Gasteiger partial charge in [-0.3, -0.25) is 4.79 Å².